The number of halogens is 1. The summed E-state index contributed by atoms with van der Waals surface area (Å²) < 4.78 is 11.7. The van der Waals surface area contributed by atoms with Crippen LogP contribution in [0.25, 0.3) is 11.0 Å². The summed E-state index contributed by atoms with van der Waals surface area (Å²) in [5, 5.41) is 11.5. The van der Waals surface area contributed by atoms with Crippen LogP contribution in [0.15, 0.2) is 68.8 Å². The lowest BCUT2D eigenvalue weighted by molar-refractivity contribution is -0.129. The van der Waals surface area contributed by atoms with Crippen molar-refractivity contribution in [2.45, 2.75) is 19.4 Å². The van der Waals surface area contributed by atoms with Crippen molar-refractivity contribution in [2.24, 2.45) is 0 Å². The first-order valence-corrected chi connectivity index (χ1v) is 10.7. The molecule has 0 aliphatic carbocycles. The molecule has 2 aromatic carbocycles. The number of aliphatic hydroxyl groups excluding tert-OH is 1. The van der Waals surface area contributed by atoms with Crippen LogP contribution in [0.1, 0.15) is 34.1 Å². The molecule has 0 saturated heterocycles. The Kier molecular flexibility index (Phi) is 5.98. The number of carbonyl (C=O) groups excluding carboxylic acids is 2. The van der Waals surface area contributed by atoms with E-state index >= 15 is 0 Å². The second-order valence-electron chi connectivity index (χ2n) is 7.49. The summed E-state index contributed by atoms with van der Waals surface area (Å²) in [5.41, 5.74) is 2.31. The van der Waals surface area contributed by atoms with E-state index in [-0.39, 0.29) is 11.3 Å². The summed E-state index contributed by atoms with van der Waals surface area (Å²) in [4.78, 5) is 28.0. The van der Waals surface area contributed by atoms with Gasteiger partial charge in [0.2, 0.25) is 5.78 Å². The molecule has 1 unspecified atom stereocenters. The number of fused-ring (bicyclic) bond motifs is 1. The molecule has 1 aliphatic rings. The molecule has 1 aliphatic heterocycles. The lowest BCUT2D eigenvalue weighted by Crippen LogP contribution is -2.33. The molecule has 31 heavy (non-hydrogen) atoms. The summed E-state index contributed by atoms with van der Waals surface area (Å²) in [7, 11) is 1.59. The molecule has 6 nitrogen and oxygen atoms in total. The van der Waals surface area contributed by atoms with Gasteiger partial charge in [0.15, 0.2) is 11.5 Å². The summed E-state index contributed by atoms with van der Waals surface area (Å²) in [6, 6.07) is 13.9. The number of benzene rings is 2. The van der Waals surface area contributed by atoms with Gasteiger partial charge in [-0.25, -0.2) is 0 Å². The number of furan rings is 1. The number of amides is 1. The largest absolute Gasteiger partial charge is 0.503 e. The molecule has 1 aromatic heterocycles. The smallest absolute Gasteiger partial charge is 0.290 e. The zero-order chi connectivity index (χ0) is 22.1. The molecular weight excluding hydrogens is 462 g/mol. The highest BCUT2D eigenvalue weighted by Gasteiger charge is 2.44. The van der Waals surface area contributed by atoms with E-state index in [0.717, 1.165) is 21.0 Å². The van der Waals surface area contributed by atoms with E-state index in [9.17, 15) is 14.7 Å². The van der Waals surface area contributed by atoms with Gasteiger partial charge in [-0.2, -0.15) is 0 Å². The summed E-state index contributed by atoms with van der Waals surface area (Å²) >= 11 is 3.41. The van der Waals surface area contributed by atoms with Crippen LogP contribution < -0.4 is 0 Å². The van der Waals surface area contributed by atoms with Crippen molar-refractivity contribution < 1.29 is 23.8 Å². The lowest BCUT2D eigenvalue weighted by Gasteiger charge is -2.27. The van der Waals surface area contributed by atoms with E-state index in [4.69, 9.17) is 9.15 Å². The molecule has 0 spiro atoms. The fourth-order valence-corrected chi connectivity index (χ4v) is 4.35. The van der Waals surface area contributed by atoms with E-state index in [2.05, 4.69) is 15.9 Å². The highest BCUT2D eigenvalue weighted by Crippen LogP contribution is 2.40. The number of methoxy groups -OCH3 is 1. The number of Topliss-reactive ketones (excluding diaryl/α,β-unsaturated/α-hetero) is 1. The second-order valence-corrected chi connectivity index (χ2v) is 8.40. The number of ketones is 1. The Hall–Kier alpha value is -2.90. The van der Waals surface area contributed by atoms with Crippen molar-refractivity contribution in [1.82, 2.24) is 4.90 Å². The highest BCUT2D eigenvalue weighted by molar-refractivity contribution is 9.10. The van der Waals surface area contributed by atoms with Crippen LogP contribution in [0.2, 0.25) is 0 Å². The summed E-state index contributed by atoms with van der Waals surface area (Å²) in [6.07, 6.45) is 0.581. The zero-order valence-electron chi connectivity index (χ0n) is 17.2. The van der Waals surface area contributed by atoms with Crippen molar-refractivity contribution >= 4 is 38.6 Å². The first-order chi connectivity index (χ1) is 14.9. The van der Waals surface area contributed by atoms with E-state index in [1.807, 2.05) is 43.3 Å². The third-order valence-corrected chi connectivity index (χ3v) is 5.97. The normalized spacial score (nSPS) is 16.5. The fourth-order valence-electron chi connectivity index (χ4n) is 3.97. The van der Waals surface area contributed by atoms with Gasteiger partial charge in [-0.3, -0.25) is 9.59 Å². The second kappa shape index (κ2) is 8.69. The van der Waals surface area contributed by atoms with Crippen LogP contribution >= 0.6 is 15.9 Å². The molecule has 0 fully saturated rings. The maximum atomic E-state index is 13.5. The van der Waals surface area contributed by atoms with Crippen LogP contribution in [-0.2, 0) is 9.53 Å². The Morgan fingerprint density at radius 2 is 2.00 bits per heavy atom. The van der Waals surface area contributed by atoms with Crippen LogP contribution in [0.4, 0.5) is 0 Å². The van der Waals surface area contributed by atoms with E-state index < -0.39 is 23.5 Å². The summed E-state index contributed by atoms with van der Waals surface area (Å²) in [6.45, 7) is 2.73. The minimum atomic E-state index is -0.696. The molecule has 4 rings (SSSR count). The predicted molar refractivity (Wildman–Crippen MR) is 120 cm³/mol. The van der Waals surface area contributed by atoms with Crippen LogP contribution in [-0.4, -0.2) is 42.0 Å². The average Bonchev–Trinajstić information content (AvgIpc) is 3.28. The Labute approximate surface area is 188 Å². The number of nitrogens with zero attached hydrogens (tertiary/aromatic N) is 1. The van der Waals surface area contributed by atoms with Crippen molar-refractivity contribution in [2.75, 3.05) is 20.3 Å². The van der Waals surface area contributed by atoms with Crippen LogP contribution in [0, 0.1) is 6.92 Å². The molecule has 0 bridgehead atoms. The van der Waals surface area contributed by atoms with Gasteiger partial charge in [-0.15, -0.1) is 0 Å². The number of hydrogen-bond acceptors (Lipinski definition) is 5. The van der Waals surface area contributed by atoms with Gasteiger partial charge in [0.1, 0.15) is 5.58 Å². The number of rotatable bonds is 7. The topological polar surface area (TPSA) is 80.0 Å². The van der Waals surface area contributed by atoms with Crippen molar-refractivity contribution in [3.8, 4) is 0 Å². The molecule has 7 heteroatoms. The Balaban J connectivity index is 1.79. The van der Waals surface area contributed by atoms with E-state index in [1.54, 1.807) is 19.2 Å². The molecule has 1 atom stereocenters. The van der Waals surface area contributed by atoms with Gasteiger partial charge in [-0.1, -0.05) is 40.2 Å². The first kappa shape index (κ1) is 21.3. The molecule has 0 saturated carbocycles. The number of carbonyl (C=O) groups is 2. The number of ether oxygens (including phenoxy) is 1. The van der Waals surface area contributed by atoms with Crippen molar-refractivity contribution in [3.05, 3.63) is 81.2 Å². The minimum absolute atomic E-state index is 0.0369. The van der Waals surface area contributed by atoms with Crippen LogP contribution in [0.5, 0.6) is 0 Å². The molecule has 0 radical (unpaired) electrons. The third kappa shape index (κ3) is 3.91. The van der Waals surface area contributed by atoms with Gasteiger partial charge >= 0.3 is 0 Å². The standard InChI is InChI=1S/C24H22BrNO5/c1-14-6-3-4-7-17(14)21-20(23(28)24(29)26(21)10-5-11-30-2)22(27)19-13-15-12-16(25)8-9-18(15)31-19/h3-4,6-9,12-13,21,28H,5,10-11H2,1-2H3. The Morgan fingerprint density at radius 3 is 2.74 bits per heavy atom. The maximum absolute atomic E-state index is 13.5. The van der Waals surface area contributed by atoms with Gasteiger partial charge in [0, 0.05) is 30.1 Å². The number of aryl methyl sites for hydroxylation is 1. The highest BCUT2D eigenvalue weighted by atomic mass is 79.9. The monoisotopic (exact) mass is 483 g/mol. The fraction of sp³-hybridized carbons (Fsp3) is 0.250. The SMILES string of the molecule is COCCCN1C(=O)C(O)=C(C(=O)c2cc3cc(Br)ccc3o2)C1c1ccccc1C. The summed E-state index contributed by atoms with van der Waals surface area (Å²) in [5.74, 6) is -1.51. The van der Waals surface area contributed by atoms with Crippen LogP contribution in [0.3, 0.4) is 0 Å². The predicted octanol–water partition coefficient (Wildman–Crippen LogP) is 5.12. The Morgan fingerprint density at radius 1 is 1.23 bits per heavy atom. The van der Waals surface area contributed by atoms with Gasteiger partial charge in [0.25, 0.3) is 5.91 Å². The molecule has 1 amide bonds. The number of aliphatic hydroxyl groups is 1. The van der Waals surface area contributed by atoms with Gasteiger partial charge in [-0.05, 0) is 48.7 Å². The van der Waals surface area contributed by atoms with Crippen molar-refractivity contribution in [3.63, 3.8) is 0 Å². The van der Waals surface area contributed by atoms with E-state index in [1.165, 1.54) is 4.90 Å². The first-order valence-electron chi connectivity index (χ1n) is 9.94. The minimum Gasteiger partial charge on any atom is -0.503 e. The molecule has 2 heterocycles. The Bertz CT molecular complexity index is 1200. The quantitative estimate of drug-likeness (QED) is 0.372. The van der Waals surface area contributed by atoms with E-state index in [0.29, 0.717) is 25.2 Å². The molecule has 1 N–H and O–H groups in total. The average molecular weight is 484 g/mol. The van der Waals surface area contributed by atoms with Gasteiger partial charge < -0.3 is 19.2 Å². The third-order valence-electron chi connectivity index (χ3n) is 5.48. The molecular formula is C24H22BrNO5. The molecule has 160 valence electrons. The van der Waals surface area contributed by atoms with Gasteiger partial charge in [0.05, 0.1) is 11.6 Å². The lowest BCUT2D eigenvalue weighted by atomic mass is 9.92. The van der Waals surface area contributed by atoms with Crippen molar-refractivity contribution in [1.29, 1.82) is 0 Å². The number of hydrogen-bond donors (Lipinski definition) is 1. The molecule has 3 aromatic rings. The maximum Gasteiger partial charge on any atom is 0.290 e. The zero-order valence-corrected chi connectivity index (χ0v) is 18.8.